The van der Waals surface area contributed by atoms with Gasteiger partial charge in [-0.3, -0.25) is 0 Å². The van der Waals surface area contributed by atoms with Crippen LogP contribution in [0.15, 0.2) is 22.7 Å². The smallest absolute Gasteiger partial charge is 0.135 e. The van der Waals surface area contributed by atoms with Crippen LogP contribution in [0, 0.1) is 0 Å². The maximum absolute atomic E-state index is 5.69. The third kappa shape index (κ3) is 4.02. The van der Waals surface area contributed by atoms with Crippen molar-refractivity contribution < 1.29 is 9.47 Å². The summed E-state index contributed by atoms with van der Waals surface area (Å²) in [6, 6.07) is 5.52. The van der Waals surface area contributed by atoms with Crippen LogP contribution < -0.4 is 10.5 Å². The van der Waals surface area contributed by atoms with E-state index in [-0.39, 0.29) is 5.60 Å². The van der Waals surface area contributed by atoms with Crippen molar-refractivity contribution in [1.82, 2.24) is 0 Å². The van der Waals surface area contributed by atoms with E-state index in [1.54, 1.807) is 7.11 Å². The molecular formula is C12H18BrNO2. The van der Waals surface area contributed by atoms with Gasteiger partial charge >= 0.3 is 0 Å². The molecule has 1 aromatic rings. The lowest BCUT2D eigenvalue weighted by Gasteiger charge is -2.22. The second kappa shape index (κ2) is 5.55. The summed E-state index contributed by atoms with van der Waals surface area (Å²) in [5.41, 5.74) is 6.22. The monoisotopic (exact) mass is 287 g/mol. The van der Waals surface area contributed by atoms with Crippen LogP contribution >= 0.6 is 15.9 Å². The summed E-state index contributed by atoms with van der Waals surface area (Å²) in [7, 11) is 1.70. The number of hydrogen-bond donors (Lipinski definition) is 1. The first-order valence-electron chi connectivity index (χ1n) is 5.17. The number of nitrogen functional groups attached to an aromatic ring is 1. The van der Waals surface area contributed by atoms with Gasteiger partial charge < -0.3 is 15.2 Å². The quantitative estimate of drug-likeness (QED) is 0.846. The van der Waals surface area contributed by atoms with Crippen molar-refractivity contribution in [2.45, 2.75) is 25.9 Å². The van der Waals surface area contributed by atoms with Crippen molar-refractivity contribution in [3.05, 3.63) is 22.7 Å². The zero-order valence-electron chi connectivity index (χ0n) is 9.92. The largest absolute Gasteiger partial charge is 0.492 e. The molecule has 1 rings (SSSR count). The van der Waals surface area contributed by atoms with Gasteiger partial charge in [0.15, 0.2) is 0 Å². The molecule has 0 unspecified atom stereocenters. The topological polar surface area (TPSA) is 44.5 Å². The van der Waals surface area contributed by atoms with E-state index in [9.17, 15) is 0 Å². The van der Waals surface area contributed by atoms with Crippen LogP contribution in [0.1, 0.15) is 20.3 Å². The Bertz CT molecular complexity index is 353. The number of nitrogens with two attached hydrogens (primary N) is 1. The summed E-state index contributed by atoms with van der Waals surface area (Å²) in [6.45, 7) is 4.67. The molecular weight excluding hydrogens is 270 g/mol. The van der Waals surface area contributed by atoms with Crippen molar-refractivity contribution in [1.29, 1.82) is 0 Å². The van der Waals surface area contributed by atoms with Gasteiger partial charge in [0.2, 0.25) is 0 Å². The molecule has 0 heterocycles. The van der Waals surface area contributed by atoms with Crippen molar-refractivity contribution >= 4 is 21.6 Å². The lowest BCUT2D eigenvalue weighted by atomic mass is 10.1. The first-order chi connectivity index (χ1) is 7.44. The van der Waals surface area contributed by atoms with E-state index in [0.717, 1.165) is 16.6 Å². The van der Waals surface area contributed by atoms with Crippen LogP contribution in [0.2, 0.25) is 0 Å². The van der Waals surface area contributed by atoms with Crippen LogP contribution in [0.3, 0.4) is 0 Å². The van der Waals surface area contributed by atoms with Crippen molar-refractivity contribution in [2.24, 2.45) is 0 Å². The van der Waals surface area contributed by atoms with Gasteiger partial charge in [-0.25, -0.2) is 0 Å². The number of anilines is 1. The highest BCUT2D eigenvalue weighted by molar-refractivity contribution is 9.10. The summed E-state index contributed by atoms with van der Waals surface area (Å²) in [5.74, 6) is 0.770. The molecule has 0 aliphatic heterocycles. The number of halogens is 1. The maximum Gasteiger partial charge on any atom is 0.135 e. The second-order valence-electron chi connectivity index (χ2n) is 4.25. The number of hydrogen-bond acceptors (Lipinski definition) is 3. The first-order valence-corrected chi connectivity index (χ1v) is 5.97. The summed E-state index contributed by atoms with van der Waals surface area (Å²) >= 11 is 3.42. The molecule has 0 atom stereocenters. The van der Waals surface area contributed by atoms with Crippen molar-refractivity contribution in [2.75, 3.05) is 19.5 Å². The summed E-state index contributed by atoms with van der Waals surface area (Å²) in [5, 5.41) is 0. The van der Waals surface area contributed by atoms with E-state index in [1.165, 1.54) is 0 Å². The van der Waals surface area contributed by atoms with E-state index >= 15 is 0 Å². The summed E-state index contributed by atoms with van der Waals surface area (Å²) < 4.78 is 11.9. The molecule has 0 aliphatic rings. The Morgan fingerprint density at radius 3 is 2.69 bits per heavy atom. The van der Waals surface area contributed by atoms with Crippen LogP contribution in [0.4, 0.5) is 5.69 Å². The van der Waals surface area contributed by atoms with Gasteiger partial charge in [-0.05, 0) is 41.9 Å². The molecule has 0 radical (unpaired) electrons. The predicted octanol–water partition coefficient (Wildman–Crippen LogP) is 3.23. The Hall–Kier alpha value is -0.740. The molecule has 0 spiro atoms. The van der Waals surface area contributed by atoms with E-state index in [0.29, 0.717) is 12.3 Å². The lowest BCUT2D eigenvalue weighted by Crippen LogP contribution is -2.25. The molecule has 0 fully saturated rings. The molecule has 4 heteroatoms. The van der Waals surface area contributed by atoms with Gasteiger partial charge in [0.25, 0.3) is 0 Å². The van der Waals surface area contributed by atoms with Crippen molar-refractivity contribution in [3.63, 3.8) is 0 Å². The third-order valence-electron chi connectivity index (χ3n) is 2.47. The molecule has 2 N–H and O–H groups in total. The van der Waals surface area contributed by atoms with Gasteiger partial charge in [0, 0.05) is 25.3 Å². The molecule has 0 aliphatic carbocycles. The minimum Gasteiger partial charge on any atom is -0.492 e. The second-order valence-corrected chi connectivity index (χ2v) is 5.11. The van der Waals surface area contributed by atoms with Gasteiger partial charge in [0.05, 0.1) is 16.7 Å². The Morgan fingerprint density at radius 2 is 2.06 bits per heavy atom. The summed E-state index contributed by atoms with van der Waals surface area (Å²) in [6.07, 6.45) is 0.824. The van der Waals surface area contributed by atoms with Gasteiger partial charge in [-0.1, -0.05) is 0 Å². The number of rotatable bonds is 5. The van der Waals surface area contributed by atoms with E-state index in [1.807, 2.05) is 32.0 Å². The van der Waals surface area contributed by atoms with E-state index in [4.69, 9.17) is 15.2 Å². The fourth-order valence-corrected chi connectivity index (χ4v) is 1.50. The molecule has 3 nitrogen and oxygen atoms in total. The molecule has 0 aromatic heterocycles. The standard InChI is InChI=1S/C12H18BrNO2/c1-12(2,15-3)6-7-16-11-8-9(14)4-5-10(11)13/h4-5,8H,6-7,14H2,1-3H3. The molecule has 90 valence electrons. The Balaban J connectivity index is 2.52. The lowest BCUT2D eigenvalue weighted by molar-refractivity contribution is 0.00540. The fourth-order valence-electron chi connectivity index (χ4n) is 1.14. The average Bonchev–Trinajstić information content (AvgIpc) is 2.23. The van der Waals surface area contributed by atoms with Crippen LogP contribution in [-0.4, -0.2) is 19.3 Å². The van der Waals surface area contributed by atoms with Gasteiger partial charge in [0.1, 0.15) is 5.75 Å². The molecule has 1 aromatic carbocycles. The highest BCUT2D eigenvalue weighted by Crippen LogP contribution is 2.27. The molecule has 0 amide bonds. The third-order valence-corrected chi connectivity index (χ3v) is 3.12. The van der Waals surface area contributed by atoms with Crippen LogP contribution in [-0.2, 0) is 4.74 Å². The zero-order valence-corrected chi connectivity index (χ0v) is 11.5. The number of ether oxygens (including phenoxy) is 2. The minimum absolute atomic E-state index is 0.160. The Morgan fingerprint density at radius 1 is 1.38 bits per heavy atom. The highest BCUT2D eigenvalue weighted by Gasteiger charge is 2.16. The molecule has 0 saturated carbocycles. The number of methoxy groups -OCH3 is 1. The Kier molecular flexibility index (Phi) is 4.62. The zero-order chi connectivity index (χ0) is 12.2. The molecule has 0 saturated heterocycles. The maximum atomic E-state index is 5.69. The fraction of sp³-hybridized carbons (Fsp3) is 0.500. The van der Waals surface area contributed by atoms with E-state index < -0.39 is 0 Å². The minimum atomic E-state index is -0.160. The van der Waals surface area contributed by atoms with Crippen LogP contribution in [0.5, 0.6) is 5.75 Å². The first kappa shape index (κ1) is 13.3. The number of benzene rings is 1. The SMILES string of the molecule is COC(C)(C)CCOc1cc(N)ccc1Br. The highest BCUT2D eigenvalue weighted by atomic mass is 79.9. The normalized spacial score (nSPS) is 11.5. The Labute approximate surface area is 105 Å². The average molecular weight is 288 g/mol. The predicted molar refractivity (Wildman–Crippen MR) is 69.8 cm³/mol. The van der Waals surface area contributed by atoms with Crippen LogP contribution in [0.25, 0.3) is 0 Å². The van der Waals surface area contributed by atoms with Gasteiger partial charge in [-0.15, -0.1) is 0 Å². The van der Waals surface area contributed by atoms with Gasteiger partial charge in [-0.2, -0.15) is 0 Å². The van der Waals surface area contributed by atoms with E-state index in [2.05, 4.69) is 15.9 Å². The molecule has 0 bridgehead atoms. The van der Waals surface area contributed by atoms with Crippen molar-refractivity contribution in [3.8, 4) is 5.75 Å². The molecule has 16 heavy (non-hydrogen) atoms. The summed E-state index contributed by atoms with van der Waals surface area (Å²) in [4.78, 5) is 0.